The maximum atomic E-state index is 12.6. The first kappa shape index (κ1) is 23.1. The van der Waals surface area contributed by atoms with Crippen LogP contribution in [-0.4, -0.2) is 29.3 Å². The summed E-state index contributed by atoms with van der Waals surface area (Å²) in [5.74, 6) is 0.0874. The first-order chi connectivity index (χ1) is 16.4. The zero-order valence-electron chi connectivity index (χ0n) is 18.6. The summed E-state index contributed by atoms with van der Waals surface area (Å²) in [7, 11) is -2.51. The van der Waals surface area contributed by atoms with Crippen LogP contribution in [0.2, 0.25) is 0 Å². The van der Waals surface area contributed by atoms with Gasteiger partial charge in [0.25, 0.3) is 5.91 Å². The second kappa shape index (κ2) is 10.2. The maximum Gasteiger partial charge on any atom is 0.255 e. The van der Waals surface area contributed by atoms with Gasteiger partial charge in [-0.15, -0.1) is 0 Å². The minimum atomic E-state index is -2.51. The van der Waals surface area contributed by atoms with Gasteiger partial charge in [0.2, 0.25) is 5.95 Å². The highest BCUT2D eigenvalue weighted by atomic mass is 32.2. The molecule has 4 rings (SSSR count). The van der Waals surface area contributed by atoms with E-state index in [1.807, 2.05) is 44.2 Å². The van der Waals surface area contributed by atoms with Gasteiger partial charge < -0.3 is 10.6 Å². The Morgan fingerprint density at radius 1 is 0.971 bits per heavy atom. The Kier molecular flexibility index (Phi) is 6.93. The Balaban J connectivity index is 1.50. The van der Waals surface area contributed by atoms with Gasteiger partial charge in [0.1, 0.15) is 10.7 Å². The molecule has 34 heavy (non-hydrogen) atoms. The molecule has 0 aliphatic carbocycles. The molecule has 2 N–H and O–H groups in total. The van der Waals surface area contributed by atoms with Gasteiger partial charge in [0, 0.05) is 41.1 Å². The number of carbonyl (C=O) groups excluding carboxylic acids is 1. The first-order valence-electron chi connectivity index (χ1n) is 10.5. The molecule has 0 atom stereocenters. The van der Waals surface area contributed by atoms with Crippen LogP contribution in [0, 0.1) is 13.8 Å². The average Bonchev–Trinajstić information content (AvgIpc) is 2.81. The van der Waals surface area contributed by atoms with Crippen molar-refractivity contribution in [3.63, 3.8) is 0 Å². The molecule has 4 aromatic rings. The number of benzene rings is 2. The number of anilines is 3. The molecule has 0 radical (unpaired) electrons. The van der Waals surface area contributed by atoms with Gasteiger partial charge in [-0.05, 0) is 66.9 Å². The van der Waals surface area contributed by atoms with Gasteiger partial charge in [0.15, 0.2) is 0 Å². The molecule has 0 spiro atoms. The molecule has 172 valence electrons. The summed E-state index contributed by atoms with van der Waals surface area (Å²) in [6.07, 6.45) is 5.23. The molecule has 9 heteroatoms. The lowest BCUT2D eigenvalue weighted by molar-refractivity contribution is 0.102. The molecule has 0 unspecified atom stereocenters. The second-order valence-electron chi connectivity index (χ2n) is 7.81. The highest BCUT2D eigenvalue weighted by Gasteiger charge is 2.10. The summed E-state index contributed by atoms with van der Waals surface area (Å²) in [5, 5.41) is 6.09. The minimum Gasteiger partial charge on any atom is -0.324 e. The van der Waals surface area contributed by atoms with Crippen LogP contribution in [0.15, 0.2) is 73.2 Å². The van der Waals surface area contributed by atoms with Crippen molar-refractivity contribution in [1.29, 1.82) is 0 Å². The van der Waals surface area contributed by atoms with Crippen molar-refractivity contribution in [1.82, 2.24) is 15.0 Å². The zero-order valence-corrected chi connectivity index (χ0v) is 19.5. The Morgan fingerprint density at radius 3 is 2.50 bits per heavy atom. The van der Waals surface area contributed by atoms with Gasteiger partial charge in [-0.2, -0.15) is 0 Å². The standard InChI is InChI=1S/C25H23N5O3S/c1-16-11-20(14-26-13-16)22-9-10-27-25(29-22)30-23-12-21(8-3-17(23)2)28-24(31)19-6-4-18(5-7-19)15-34(32)33/h3-14,34H,15H2,1-2H3,(H,28,31)(H,27,29,30). The van der Waals surface area contributed by atoms with E-state index in [1.54, 1.807) is 42.9 Å². The number of aryl methyl sites for hydroxylation is 2. The normalized spacial score (nSPS) is 10.8. The molecule has 2 aromatic heterocycles. The Morgan fingerprint density at radius 2 is 1.76 bits per heavy atom. The van der Waals surface area contributed by atoms with Gasteiger partial charge in [0.05, 0.1) is 11.4 Å². The van der Waals surface area contributed by atoms with E-state index in [9.17, 15) is 13.2 Å². The number of nitrogens with zero attached hydrogens (tertiary/aromatic N) is 3. The highest BCUT2D eigenvalue weighted by molar-refractivity contribution is 7.71. The molecule has 8 nitrogen and oxygen atoms in total. The van der Waals surface area contributed by atoms with Crippen molar-refractivity contribution in [3.8, 4) is 11.3 Å². The number of aromatic nitrogens is 3. The largest absolute Gasteiger partial charge is 0.324 e. The predicted octanol–water partition coefficient (Wildman–Crippen LogP) is 4.26. The fraction of sp³-hybridized carbons (Fsp3) is 0.120. The van der Waals surface area contributed by atoms with Gasteiger partial charge in [-0.1, -0.05) is 18.2 Å². The minimum absolute atomic E-state index is 0.0477. The molecule has 0 bridgehead atoms. The molecular formula is C25H23N5O3S. The summed E-state index contributed by atoms with van der Waals surface area (Å²) >= 11 is 0. The van der Waals surface area contributed by atoms with Crippen molar-refractivity contribution >= 4 is 33.9 Å². The Hall–Kier alpha value is -4.11. The molecule has 0 aliphatic rings. The number of amides is 1. The molecule has 2 heterocycles. The van der Waals surface area contributed by atoms with E-state index in [-0.39, 0.29) is 11.7 Å². The number of nitrogens with one attached hydrogen (secondary N) is 2. The van der Waals surface area contributed by atoms with Gasteiger partial charge in [-0.25, -0.2) is 18.4 Å². The van der Waals surface area contributed by atoms with Crippen LogP contribution in [0.3, 0.4) is 0 Å². The van der Waals surface area contributed by atoms with Gasteiger partial charge >= 0.3 is 0 Å². The Bertz CT molecular complexity index is 1410. The van der Waals surface area contributed by atoms with E-state index in [4.69, 9.17) is 0 Å². The Labute approximate surface area is 199 Å². The topological polar surface area (TPSA) is 114 Å². The van der Waals surface area contributed by atoms with Crippen LogP contribution in [0.4, 0.5) is 17.3 Å². The van der Waals surface area contributed by atoms with Crippen LogP contribution in [0.25, 0.3) is 11.3 Å². The van der Waals surface area contributed by atoms with Crippen molar-refractivity contribution in [2.24, 2.45) is 0 Å². The number of hydrogen-bond acceptors (Lipinski definition) is 7. The zero-order chi connectivity index (χ0) is 24.1. The summed E-state index contributed by atoms with van der Waals surface area (Å²) in [6, 6.07) is 15.8. The van der Waals surface area contributed by atoms with Crippen molar-refractivity contribution in [3.05, 3.63) is 95.4 Å². The van der Waals surface area contributed by atoms with Crippen LogP contribution >= 0.6 is 0 Å². The van der Waals surface area contributed by atoms with Crippen molar-refractivity contribution in [2.75, 3.05) is 10.6 Å². The lowest BCUT2D eigenvalue weighted by Crippen LogP contribution is -2.12. The third-order valence-corrected chi connectivity index (χ3v) is 5.72. The molecule has 2 aromatic carbocycles. The van der Waals surface area contributed by atoms with Crippen molar-refractivity contribution < 1.29 is 13.2 Å². The lowest BCUT2D eigenvalue weighted by atomic mass is 10.1. The first-order valence-corrected chi connectivity index (χ1v) is 11.9. The highest BCUT2D eigenvalue weighted by Crippen LogP contribution is 2.25. The van der Waals surface area contributed by atoms with E-state index in [0.717, 1.165) is 28.1 Å². The van der Waals surface area contributed by atoms with E-state index in [0.29, 0.717) is 22.8 Å². The van der Waals surface area contributed by atoms with E-state index in [2.05, 4.69) is 25.6 Å². The number of rotatable bonds is 7. The molecule has 1 amide bonds. The van der Waals surface area contributed by atoms with E-state index >= 15 is 0 Å². The average molecular weight is 474 g/mol. The lowest BCUT2D eigenvalue weighted by Gasteiger charge is -2.12. The number of hydrogen-bond donors (Lipinski definition) is 3. The number of thiol groups is 1. The van der Waals surface area contributed by atoms with Crippen LogP contribution < -0.4 is 10.6 Å². The van der Waals surface area contributed by atoms with Gasteiger partial charge in [-0.3, -0.25) is 9.78 Å². The van der Waals surface area contributed by atoms with Crippen LogP contribution in [-0.2, 0) is 16.5 Å². The molecule has 0 saturated heterocycles. The fourth-order valence-electron chi connectivity index (χ4n) is 3.34. The number of carbonyl (C=O) groups is 1. The van der Waals surface area contributed by atoms with Crippen LogP contribution in [0.5, 0.6) is 0 Å². The third kappa shape index (κ3) is 5.81. The quantitative estimate of drug-likeness (QED) is 0.344. The SMILES string of the molecule is Cc1cncc(-c2ccnc(Nc3cc(NC(=O)c4ccc(C[SH](=O)=O)cc4)ccc3C)n2)c1. The third-order valence-electron chi connectivity index (χ3n) is 5.10. The maximum absolute atomic E-state index is 12.6. The second-order valence-corrected chi connectivity index (χ2v) is 8.79. The summed E-state index contributed by atoms with van der Waals surface area (Å²) < 4.78 is 21.7. The molecule has 0 saturated carbocycles. The monoisotopic (exact) mass is 473 g/mol. The smallest absolute Gasteiger partial charge is 0.255 e. The summed E-state index contributed by atoms with van der Waals surface area (Å²) in [5.41, 5.74) is 6.08. The van der Waals surface area contributed by atoms with E-state index < -0.39 is 10.7 Å². The van der Waals surface area contributed by atoms with Crippen LogP contribution in [0.1, 0.15) is 27.0 Å². The number of pyridine rings is 1. The molecule has 0 aliphatic heterocycles. The fourth-order valence-corrected chi connectivity index (χ4v) is 3.85. The predicted molar refractivity (Wildman–Crippen MR) is 133 cm³/mol. The summed E-state index contributed by atoms with van der Waals surface area (Å²) in [6.45, 7) is 3.92. The summed E-state index contributed by atoms with van der Waals surface area (Å²) in [4.78, 5) is 25.8. The molecule has 0 fully saturated rings. The molecular weight excluding hydrogens is 450 g/mol. The van der Waals surface area contributed by atoms with Crippen molar-refractivity contribution in [2.45, 2.75) is 19.6 Å². The van der Waals surface area contributed by atoms with E-state index in [1.165, 1.54) is 0 Å².